The van der Waals surface area contributed by atoms with Crippen molar-refractivity contribution in [3.05, 3.63) is 23.8 Å². The Morgan fingerprint density at radius 3 is 2.62 bits per heavy atom. The van der Waals surface area contributed by atoms with Gasteiger partial charge in [-0.15, -0.1) is 0 Å². The molecule has 5 heteroatoms. The van der Waals surface area contributed by atoms with E-state index in [1.54, 1.807) is 32.4 Å². The van der Waals surface area contributed by atoms with Crippen molar-refractivity contribution >= 4 is 21.9 Å². The first-order valence-electron chi connectivity index (χ1n) is 4.66. The van der Waals surface area contributed by atoms with Crippen LogP contribution in [0.15, 0.2) is 18.2 Å². The Morgan fingerprint density at radius 2 is 2.12 bits per heavy atom. The summed E-state index contributed by atoms with van der Waals surface area (Å²) in [5.41, 5.74) is 0.797. The van der Waals surface area contributed by atoms with Gasteiger partial charge < -0.3 is 14.6 Å². The Kier molecular flexibility index (Phi) is 4.61. The SMILES string of the molecule is COc1ccc(OC)c(C[C@H](Br)C(=O)O)c1. The lowest BCUT2D eigenvalue weighted by molar-refractivity contribution is -0.136. The molecule has 0 spiro atoms. The Morgan fingerprint density at radius 1 is 1.44 bits per heavy atom. The van der Waals surface area contributed by atoms with E-state index in [1.807, 2.05) is 0 Å². The van der Waals surface area contributed by atoms with Crippen LogP contribution in [0, 0.1) is 0 Å². The molecule has 0 saturated heterocycles. The topological polar surface area (TPSA) is 55.8 Å². The van der Waals surface area contributed by atoms with Gasteiger partial charge in [0.15, 0.2) is 0 Å². The number of hydrogen-bond donors (Lipinski definition) is 1. The Balaban J connectivity index is 2.95. The number of carbonyl (C=O) groups is 1. The minimum absolute atomic E-state index is 0.343. The highest BCUT2D eigenvalue weighted by Gasteiger charge is 2.16. The smallest absolute Gasteiger partial charge is 0.317 e. The molecule has 1 aromatic rings. The molecule has 1 N–H and O–H groups in total. The van der Waals surface area contributed by atoms with Crippen LogP contribution in [0.1, 0.15) is 5.56 Å². The van der Waals surface area contributed by atoms with Crippen LogP contribution in [0.2, 0.25) is 0 Å². The van der Waals surface area contributed by atoms with Crippen molar-refractivity contribution in [3.63, 3.8) is 0 Å². The molecule has 88 valence electrons. The van der Waals surface area contributed by atoms with Gasteiger partial charge in [-0.1, -0.05) is 15.9 Å². The number of carboxylic acid groups (broad SMARTS) is 1. The van der Waals surface area contributed by atoms with Crippen molar-refractivity contribution in [1.29, 1.82) is 0 Å². The van der Waals surface area contributed by atoms with Gasteiger partial charge in [-0.05, 0) is 30.2 Å². The molecule has 0 bridgehead atoms. The van der Waals surface area contributed by atoms with Crippen LogP contribution in [0.25, 0.3) is 0 Å². The molecule has 0 unspecified atom stereocenters. The van der Waals surface area contributed by atoms with Crippen LogP contribution in [0.5, 0.6) is 11.5 Å². The summed E-state index contributed by atoms with van der Waals surface area (Å²) in [4.78, 5) is 10.1. The fourth-order valence-electron chi connectivity index (χ4n) is 1.32. The zero-order valence-corrected chi connectivity index (χ0v) is 10.7. The molecular formula is C11H13BrO4. The lowest BCUT2D eigenvalue weighted by Gasteiger charge is -2.11. The minimum Gasteiger partial charge on any atom is -0.497 e. The maximum absolute atomic E-state index is 10.7. The van der Waals surface area contributed by atoms with Gasteiger partial charge in [0.05, 0.1) is 14.2 Å². The summed E-state index contributed by atoms with van der Waals surface area (Å²) < 4.78 is 10.2. The maximum Gasteiger partial charge on any atom is 0.317 e. The van der Waals surface area contributed by atoms with E-state index in [1.165, 1.54) is 0 Å². The van der Waals surface area contributed by atoms with Crippen LogP contribution in [-0.2, 0) is 11.2 Å². The average molecular weight is 289 g/mol. The number of ether oxygens (including phenoxy) is 2. The molecule has 0 saturated carbocycles. The van der Waals surface area contributed by atoms with Gasteiger partial charge in [0.1, 0.15) is 16.3 Å². The third-order valence-electron chi connectivity index (χ3n) is 2.15. The molecule has 0 aliphatic heterocycles. The van der Waals surface area contributed by atoms with Gasteiger partial charge in [-0.25, -0.2) is 0 Å². The standard InChI is InChI=1S/C11H13BrO4/c1-15-8-3-4-10(16-2)7(5-8)6-9(12)11(13)14/h3-5,9H,6H2,1-2H3,(H,13,14)/t9-/m0/s1. The second kappa shape index (κ2) is 5.75. The van der Waals surface area contributed by atoms with Gasteiger partial charge in [0, 0.05) is 0 Å². The number of carboxylic acids is 1. The first kappa shape index (κ1) is 12.8. The summed E-state index contributed by atoms with van der Waals surface area (Å²) in [5.74, 6) is 0.442. The number of benzene rings is 1. The molecule has 0 heterocycles. The predicted octanol–water partition coefficient (Wildman–Crippen LogP) is 2.09. The number of halogens is 1. The zero-order valence-electron chi connectivity index (χ0n) is 9.07. The maximum atomic E-state index is 10.7. The van der Waals surface area contributed by atoms with Gasteiger partial charge in [0.25, 0.3) is 0 Å². The molecular weight excluding hydrogens is 276 g/mol. The van der Waals surface area contributed by atoms with E-state index in [0.29, 0.717) is 17.9 Å². The molecule has 0 fully saturated rings. The van der Waals surface area contributed by atoms with Crippen molar-refractivity contribution in [3.8, 4) is 11.5 Å². The van der Waals surface area contributed by atoms with Crippen LogP contribution in [-0.4, -0.2) is 30.1 Å². The van der Waals surface area contributed by atoms with Crippen molar-refractivity contribution < 1.29 is 19.4 Å². The van der Waals surface area contributed by atoms with Crippen LogP contribution in [0.4, 0.5) is 0 Å². The summed E-state index contributed by atoms with van der Waals surface area (Å²) in [7, 11) is 3.11. The summed E-state index contributed by atoms with van der Waals surface area (Å²) >= 11 is 3.09. The van der Waals surface area contributed by atoms with E-state index < -0.39 is 10.8 Å². The number of methoxy groups -OCH3 is 2. The van der Waals surface area contributed by atoms with Gasteiger partial charge >= 0.3 is 5.97 Å². The fourth-order valence-corrected chi connectivity index (χ4v) is 1.67. The zero-order chi connectivity index (χ0) is 12.1. The molecule has 0 aliphatic carbocycles. The molecule has 16 heavy (non-hydrogen) atoms. The van der Waals surface area contributed by atoms with Crippen molar-refractivity contribution in [2.45, 2.75) is 11.2 Å². The number of aliphatic carboxylic acids is 1. The molecule has 0 aromatic heterocycles. The highest BCUT2D eigenvalue weighted by Crippen LogP contribution is 2.26. The predicted molar refractivity (Wildman–Crippen MR) is 63.6 cm³/mol. The van der Waals surface area contributed by atoms with Crippen molar-refractivity contribution in [1.82, 2.24) is 0 Å². The van der Waals surface area contributed by atoms with Crippen molar-refractivity contribution in [2.24, 2.45) is 0 Å². The number of alkyl halides is 1. The van der Waals surface area contributed by atoms with E-state index in [9.17, 15) is 4.79 Å². The summed E-state index contributed by atoms with van der Waals surface area (Å²) in [6.07, 6.45) is 0.343. The molecule has 0 radical (unpaired) electrons. The van der Waals surface area contributed by atoms with E-state index >= 15 is 0 Å². The minimum atomic E-state index is -0.898. The normalized spacial score (nSPS) is 11.9. The highest BCUT2D eigenvalue weighted by atomic mass is 79.9. The molecule has 1 atom stereocenters. The molecule has 1 rings (SSSR count). The second-order valence-electron chi connectivity index (χ2n) is 3.19. The second-order valence-corrected chi connectivity index (χ2v) is 4.29. The quantitative estimate of drug-likeness (QED) is 0.843. The monoisotopic (exact) mass is 288 g/mol. The van der Waals surface area contributed by atoms with Crippen LogP contribution < -0.4 is 9.47 Å². The van der Waals surface area contributed by atoms with Gasteiger partial charge in [-0.2, -0.15) is 0 Å². The summed E-state index contributed by atoms with van der Waals surface area (Å²) in [6, 6.07) is 5.30. The van der Waals surface area contributed by atoms with E-state index in [0.717, 1.165) is 5.56 Å². The Bertz CT molecular complexity index is 378. The summed E-state index contributed by atoms with van der Waals surface area (Å²) in [6.45, 7) is 0. The lowest BCUT2D eigenvalue weighted by Crippen LogP contribution is -2.15. The third kappa shape index (κ3) is 3.13. The number of hydrogen-bond acceptors (Lipinski definition) is 3. The van der Waals surface area contributed by atoms with Crippen molar-refractivity contribution in [2.75, 3.05) is 14.2 Å². The highest BCUT2D eigenvalue weighted by molar-refractivity contribution is 9.10. The Hall–Kier alpha value is -1.23. The molecule has 0 aliphatic rings. The van der Waals surface area contributed by atoms with E-state index in [4.69, 9.17) is 14.6 Å². The van der Waals surface area contributed by atoms with Gasteiger partial charge in [0.2, 0.25) is 0 Å². The lowest BCUT2D eigenvalue weighted by atomic mass is 10.1. The largest absolute Gasteiger partial charge is 0.497 e. The summed E-state index contributed by atoms with van der Waals surface area (Å²) in [5, 5.41) is 8.81. The van der Waals surface area contributed by atoms with E-state index in [2.05, 4.69) is 15.9 Å². The average Bonchev–Trinajstić information content (AvgIpc) is 2.28. The molecule has 1 aromatic carbocycles. The van der Waals surface area contributed by atoms with Gasteiger partial charge in [-0.3, -0.25) is 4.79 Å². The first-order valence-corrected chi connectivity index (χ1v) is 5.57. The molecule has 0 amide bonds. The third-order valence-corrected chi connectivity index (χ3v) is 2.87. The fraction of sp³-hybridized carbons (Fsp3) is 0.364. The van der Waals surface area contributed by atoms with E-state index in [-0.39, 0.29) is 0 Å². The first-order chi connectivity index (χ1) is 7.58. The molecule has 4 nitrogen and oxygen atoms in total. The Labute approximate surface area is 102 Å². The van der Waals surface area contributed by atoms with Crippen LogP contribution >= 0.6 is 15.9 Å². The number of rotatable bonds is 5. The van der Waals surface area contributed by atoms with Crippen LogP contribution in [0.3, 0.4) is 0 Å².